The Morgan fingerprint density at radius 1 is 1.67 bits per heavy atom. The highest BCUT2D eigenvalue weighted by molar-refractivity contribution is 8.15. The van der Waals surface area contributed by atoms with Crippen molar-refractivity contribution in [1.29, 1.82) is 1.34 Å². The fourth-order valence-electron chi connectivity index (χ4n) is 2.31. The third kappa shape index (κ3) is 3.42. The lowest BCUT2D eigenvalue weighted by Crippen LogP contribution is -2.49. The van der Waals surface area contributed by atoms with Crippen LogP contribution in [0.15, 0.2) is 24.8 Å². The van der Waals surface area contributed by atoms with E-state index in [1.165, 1.54) is 0 Å². The van der Waals surface area contributed by atoms with Gasteiger partial charge in [-0.25, -0.2) is 0 Å². The maximum atomic E-state index is 11.9. The first-order valence-corrected chi connectivity index (χ1v) is 6.85. The third-order valence-corrected chi connectivity index (χ3v) is 3.72. The molecule has 5 heteroatoms. The molecule has 0 saturated carbocycles. The second-order valence-electron chi connectivity index (χ2n) is 4.69. The molecule has 0 aromatic rings. The van der Waals surface area contributed by atoms with Crippen LogP contribution in [0.25, 0.3) is 0 Å². The van der Waals surface area contributed by atoms with Gasteiger partial charge in [0.2, 0.25) is 7.09 Å². The maximum Gasteiger partial charge on any atom is 0.311 e. The van der Waals surface area contributed by atoms with Gasteiger partial charge in [-0.3, -0.25) is 4.79 Å². The molecule has 3 nitrogen and oxygen atoms in total. The summed E-state index contributed by atoms with van der Waals surface area (Å²) in [5.41, 5.74) is 0. The van der Waals surface area contributed by atoms with Gasteiger partial charge in [0.25, 0.3) is 0 Å². The van der Waals surface area contributed by atoms with Crippen LogP contribution in [0.4, 0.5) is 0 Å². The molecule has 0 aliphatic carbocycles. The molecule has 0 N–H and O–H groups in total. The molecule has 1 saturated heterocycles. The van der Waals surface area contributed by atoms with Gasteiger partial charge in [0.1, 0.15) is 6.10 Å². The standard InChI is InChI=1S/C13H20BO3S/c1-5-6-7-8(2)11-9(3)12(17-18-14)10(4)13(15)16-11/h5-12,14H,1H2,2-4H3/b7-6-/t8-,9+,10+,11-,12-/m0/s1/i14T. The van der Waals surface area contributed by atoms with Crippen molar-refractivity contribution in [3.8, 4) is 0 Å². The lowest BCUT2D eigenvalue weighted by atomic mass is 9.81. The summed E-state index contributed by atoms with van der Waals surface area (Å²) in [6, 6.07) is 0. The van der Waals surface area contributed by atoms with E-state index in [0.29, 0.717) is 0 Å². The van der Waals surface area contributed by atoms with Crippen LogP contribution in [0, 0.1) is 17.8 Å². The predicted molar refractivity (Wildman–Crippen MR) is 76.3 cm³/mol. The summed E-state index contributed by atoms with van der Waals surface area (Å²) < 4.78 is 18.1. The van der Waals surface area contributed by atoms with Crippen LogP contribution in [0.3, 0.4) is 0 Å². The van der Waals surface area contributed by atoms with E-state index in [1.54, 1.807) is 13.0 Å². The van der Waals surface area contributed by atoms with Crippen LogP contribution in [0.2, 0.25) is 0 Å². The number of ether oxygens (including phenoxy) is 1. The Morgan fingerprint density at radius 2 is 2.39 bits per heavy atom. The van der Waals surface area contributed by atoms with Gasteiger partial charge in [0, 0.05) is 11.8 Å². The topological polar surface area (TPSA) is 35.5 Å². The van der Waals surface area contributed by atoms with Gasteiger partial charge < -0.3 is 8.92 Å². The van der Waals surface area contributed by atoms with Crippen LogP contribution < -0.4 is 0 Å². The van der Waals surface area contributed by atoms with Gasteiger partial charge in [-0.1, -0.05) is 50.5 Å². The minimum Gasteiger partial charge on any atom is -0.461 e. The minimum absolute atomic E-state index is 0.0737. The number of cyclic esters (lactones) is 1. The SMILES string of the molecule is [3H][B]SO[C@H]1[C@H](C)[C@H]([C@@H](C)/C=C\C=C)OC(=O)[C@@H]1C. The van der Waals surface area contributed by atoms with E-state index in [2.05, 4.69) is 6.58 Å². The number of hydrogen-bond acceptors (Lipinski definition) is 4. The number of hydrogen-bond donors (Lipinski definition) is 0. The zero-order valence-corrected chi connectivity index (χ0v) is 11.9. The Bertz CT molecular complexity index is 351. The number of rotatable bonds is 6. The van der Waals surface area contributed by atoms with E-state index in [0.717, 1.165) is 19.0 Å². The van der Waals surface area contributed by atoms with Crippen LogP contribution in [0.1, 0.15) is 20.8 Å². The summed E-state index contributed by atoms with van der Waals surface area (Å²) in [4.78, 5) is 11.9. The molecule has 0 amide bonds. The molecule has 1 aliphatic rings. The zero-order valence-electron chi connectivity index (χ0n) is 12.0. The van der Waals surface area contributed by atoms with E-state index in [-0.39, 0.29) is 35.9 Å². The molecular weight excluding hydrogens is 247 g/mol. The molecule has 18 heavy (non-hydrogen) atoms. The molecule has 0 aromatic heterocycles. The quantitative estimate of drug-likeness (QED) is 0.321. The Labute approximate surface area is 116 Å². The van der Waals surface area contributed by atoms with Crippen LogP contribution >= 0.6 is 11.9 Å². The van der Waals surface area contributed by atoms with Crippen molar-refractivity contribution in [2.24, 2.45) is 17.8 Å². The normalized spacial score (nSPS) is 34.8. The summed E-state index contributed by atoms with van der Waals surface area (Å²) in [6.07, 6.45) is 5.07. The maximum absolute atomic E-state index is 11.9. The van der Waals surface area contributed by atoms with Crippen molar-refractivity contribution in [1.82, 2.24) is 0 Å². The monoisotopic (exact) mass is 269 g/mol. The fraction of sp³-hybridized carbons (Fsp3) is 0.615. The highest BCUT2D eigenvalue weighted by atomic mass is 32.2. The van der Waals surface area contributed by atoms with Gasteiger partial charge >= 0.3 is 5.97 Å². The molecule has 1 radical (unpaired) electrons. The highest BCUT2D eigenvalue weighted by Gasteiger charge is 2.43. The van der Waals surface area contributed by atoms with Gasteiger partial charge in [-0.2, -0.15) is 0 Å². The highest BCUT2D eigenvalue weighted by Crippen LogP contribution is 2.34. The second-order valence-corrected chi connectivity index (χ2v) is 5.07. The zero-order chi connectivity index (χ0) is 14.4. The molecule has 1 aliphatic heterocycles. The van der Waals surface area contributed by atoms with Gasteiger partial charge in [0.05, 0.1) is 12.0 Å². The predicted octanol–water partition coefficient (Wildman–Crippen LogP) is 2.41. The van der Waals surface area contributed by atoms with Crippen molar-refractivity contribution in [2.75, 3.05) is 0 Å². The van der Waals surface area contributed by atoms with Gasteiger partial charge in [-0.05, 0) is 8.26 Å². The van der Waals surface area contributed by atoms with Gasteiger partial charge in [-0.15, -0.1) is 0 Å². The Kier molecular flexibility index (Phi) is 5.38. The number of carbonyl (C=O) groups excluding carboxylic acids is 1. The molecule has 0 spiro atoms. The summed E-state index contributed by atoms with van der Waals surface area (Å²) in [5, 5.41) is 0. The molecule has 0 aromatic carbocycles. The smallest absolute Gasteiger partial charge is 0.311 e. The summed E-state index contributed by atoms with van der Waals surface area (Å²) in [7, 11) is 1.12. The van der Waals surface area contributed by atoms with Crippen LogP contribution in [-0.4, -0.2) is 26.6 Å². The lowest BCUT2D eigenvalue weighted by molar-refractivity contribution is -0.177. The van der Waals surface area contributed by atoms with E-state index >= 15 is 0 Å². The Balaban J connectivity index is 2.80. The fourth-order valence-corrected chi connectivity index (χ4v) is 2.78. The molecule has 1 heterocycles. The Morgan fingerprint density at radius 3 is 3.00 bits per heavy atom. The molecule has 99 valence electrons. The van der Waals surface area contributed by atoms with Crippen molar-refractivity contribution in [3.63, 3.8) is 0 Å². The van der Waals surface area contributed by atoms with Crippen molar-refractivity contribution < 1.29 is 13.7 Å². The number of carbonyl (C=O) groups is 1. The molecule has 5 atom stereocenters. The summed E-state index contributed by atoms with van der Waals surface area (Å²) in [5.74, 6) is -0.378. The first kappa shape index (κ1) is 13.7. The third-order valence-electron chi connectivity index (χ3n) is 3.39. The van der Waals surface area contributed by atoms with Crippen LogP contribution in [-0.2, 0) is 13.7 Å². The Hall–Kier alpha value is -0.675. The van der Waals surface area contributed by atoms with E-state index in [4.69, 9.17) is 10.3 Å². The molecular formula is C13H20BO3S. The first-order valence-electron chi connectivity index (χ1n) is 6.62. The van der Waals surface area contributed by atoms with Crippen LogP contribution in [0.5, 0.6) is 0 Å². The molecule has 1 fully saturated rings. The van der Waals surface area contributed by atoms with E-state index in [1.807, 2.05) is 26.0 Å². The molecule has 0 unspecified atom stereocenters. The van der Waals surface area contributed by atoms with Crippen molar-refractivity contribution in [3.05, 3.63) is 24.8 Å². The largest absolute Gasteiger partial charge is 0.461 e. The first-order chi connectivity index (χ1) is 9.02. The van der Waals surface area contributed by atoms with Gasteiger partial charge in [0.15, 0.2) is 0 Å². The minimum atomic E-state index is -0.311. The number of esters is 1. The lowest BCUT2D eigenvalue weighted by Gasteiger charge is -2.40. The van der Waals surface area contributed by atoms with E-state index < -0.39 is 0 Å². The number of allylic oxidation sites excluding steroid dienone is 2. The summed E-state index contributed by atoms with van der Waals surface area (Å²) >= 11 is 0.955. The van der Waals surface area contributed by atoms with E-state index in [9.17, 15) is 4.79 Å². The average molecular weight is 269 g/mol. The van der Waals surface area contributed by atoms with Crippen molar-refractivity contribution in [2.45, 2.75) is 33.0 Å². The summed E-state index contributed by atoms with van der Waals surface area (Å²) in [6.45, 7) is 9.45. The molecule has 1 rings (SSSR count). The average Bonchev–Trinajstić information content (AvgIpc) is 2.40. The molecule has 0 bridgehead atoms. The second kappa shape index (κ2) is 7.05. The van der Waals surface area contributed by atoms with Crippen molar-refractivity contribution >= 4 is 25.0 Å².